The molecule has 1 aromatic heterocycles. The van der Waals surface area contributed by atoms with E-state index in [0.29, 0.717) is 5.92 Å². The summed E-state index contributed by atoms with van der Waals surface area (Å²) < 4.78 is 0. The van der Waals surface area contributed by atoms with Crippen LogP contribution >= 0.6 is 0 Å². The number of aromatic nitrogens is 1. The zero-order chi connectivity index (χ0) is 11.3. The predicted molar refractivity (Wildman–Crippen MR) is 66.0 cm³/mol. The molecule has 0 aromatic carbocycles. The van der Waals surface area contributed by atoms with E-state index in [-0.39, 0.29) is 0 Å². The van der Waals surface area contributed by atoms with Crippen LogP contribution in [0.5, 0.6) is 0 Å². The maximum absolute atomic E-state index is 5.87. The highest BCUT2D eigenvalue weighted by atomic mass is 15.1. The summed E-state index contributed by atoms with van der Waals surface area (Å²) in [6.45, 7) is 5.54. The minimum Gasteiger partial charge on any atom is -0.396 e. The maximum Gasteiger partial charge on any atom is 0.0738 e. The topological polar surface area (TPSA) is 42.2 Å². The monoisotopic (exact) mass is 207 g/mol. The van der Waals surface area contributed by atoms with E-state index in [0.717, 1.165) is 17.9 Å². The van der Waals surface area contributed by atoms with Crippen molar-refractivity contribution in [3.63, 3.8) is 0 Å². The quantitative estimate of drug-likeness (QED) is 0.806. The first-order valence-electron chi connectivity index (χ1n) is 5.55. The smallest absolute Gasteiger partial charge is 0.0738 e. The Morgan fingerprint density at radius 1 is 1.53 bits per heavy atom. The second-order valence-corrected chi connectivity index (χ2v) is 4.21. The zero-order valence-electron chi connectivity index (χ0n) is 9.90. The lowest BCUT2D eigenvalue weighted by molar-refractivity contribution is 0.524. The standard InChI is InChI=1S/C12H21N3/c1-4-5-10(2)9-15(3)12-6-7-14-8-11(12)13/h6-8,10H,4-5,9,13H2,1-3H3. The fourth-order valence-electron chi connectivity index (χ4n) is 1.90. The van der Waals surface area contributed by atoms with Crippen molar-refractivity contribution >= 4 is 11.4 Å². The van der Waals surface area contributed by atoms with Crippen LogP contribution in [0.4, 0.5) is 11.4 Å². The number of anilines is 2. The molecule has 0 spiro atoms. The third-order valence-electron chi connectivity index (χ3n) is 2.61. The van der Waals surface area contributed by atoms with Crippen molar-refractivity contribution in [1.82, 2.24) is 4.98 Å². The van der Waals surface area contributed by atoms with Crippen LogP contribution in [0.1, 0.15) is 26.7 Å². The van der Waals surface area contributed by atoms with E-state index in [1.54, 1.807) is 12.4 Å². The van der Waals surface area contributed by atoms with Gasteiger partial charge >= 0.3 is 0 Å². The van der Waals surface area contributed by atoms with E-state index in [1.165, 1.54) is 12.8 Å². The van der Waals surface area contributed by atoms with Gasteiger partial charge in [-0.05, 0) is 18.4 Å². The third kappa shape index (κ3) is 3.42. The van der Waals surface area contributed by atoms with Gasteiger partial charge in [0.1, 0.15) is 0 Å². The number of rotatable bonds is 5. The van der Waals surface area contributed by atoms with E-state index in [2.05, 4.69) is 30.8 Å². The molecule has 1 unspecified atom stereocenters. The van der Waals surface area contributed by atoms with Gasteiger partial charge in [0.15, 0.2) is 0 Å². The number of pyridine rings is 1. The average Bonchev–Trinajstić information content (AvgIpc) is 2.18. The Bertz CT molecular complexity index is 299. The number of hydrogen-bond acceptors (Lipinski definition) is 3. The summed E-state index contributed by atoms with van der Waals surface area (Å²) in [7, 11) is 2.08. The van der Waals surface area contributed by atoms with Crippen molar-refractivity contribution in [2.24, 2.45) is 5.92 Å². The summed E-state index contributed by atoms with van der Waals surface area (Å²) in [4.78, 5) is 6.20. The SMILES string of the molecule is CCCC(C)CN(C)c1ccncc1N. The average molecular weight is 207 g/mol. The van der Waals surface area contributed by atoms with Crippen LogP contribution in [-0.2, 0) is 0 Å². The van der Waals surface area contributed by atoms with E-state index in [1.807, 2.05) is 6.07 Å². The second-order valence-electron chi connectivity index (χ2n) is 4.21. The van der Waals surface area contributed by atoms with Gasteiger partial charge in [-0.2, -0.15) is 0 Å². The summed E-state index contributed by atoms with van der Waals surface area (Å²) in [5.74, 6) is 0.701. The fraction of sp³-hybridized carbons (Fsp3) is 0.583. The molecule has 84 valence electrons. The summed E-state index contributed by atoms with van der Waals surface area (Å²) >= 11 is 0. The molecule has 0 aliphatic heterocycles. The highest BCUT2D eigenvalue weighted by Crippen LogP contribution is 2.21. The third-order valence-corrected chi connectivity index (χ3v) is 2.61. The number of nitrogens with two attached hydrogens (primary N) is 1. The molecular formula is C12H21N3. The van der Waals surface area contributed by atoms with E-state index in [9.17, 15) is 0 Å². The number of nitrogen functional groups attached to an aromatic ring is 1. The molecular weight excluding hydrogens is 186 g/mol. The molecule has 0 bridgehead atoms. The molecule has 0 saturated heterocycles. The molecule has 0 amide bonds. The Balaban J connectivity index is 2.61. The van der Waals surface area contributed by atoms with Crippen LogP contribution in [-0.4, -0.2) is 18.6 Å². The predicted octanol–water partition coefficient (Wildman–Crippen LogP) is 2.54. The summed E-state index contributed by atoms with van der Waals surface area (Å²) in [5.41, 5.74) is 7.70. The molecule has 3 heteroatoms. The fourth-order valence-corrected chi connectivity index (χ4v) is 1.90. The minimum atomic E-state index is 0.701. The highest BCUT2D eigenvalue weighted by molar-refractivity contribution is 5.65. The van der Waals surface area contributed by atoms with E-state index < -0.39 is 0 Å². The molecule has 1 aromatic rings. The van der Waals surface area contributed by atoms with Gasteiger partial charge in [-0.3, -0.25) is 4.98 Å². The van der Waals surface area contributed by atoms with Crippen molar-refractivity contribution in [3.8, 4) is 0 Å². The molecule has 1 rings (SSSR count). The van der Waals surface area contributed by atoms with E-state index >= 15 is 0 Å². The molecule has 0 saturated carbocycles. The van der Waals surface area contributed by atoms with Gasteiger partial charge in [0.05, 0.1) is 17.6 Å². The van der Waals surface area contributed by atoms with Crippen molar-refractivity contribution in [2.45, 2.75) is 26.7 Å². The van der Waals surface area contributed by atoms with Crippen LogP contribution in [0.2, 0.25) is 0 Å². The molecule has 0 radical (unpaired) electrons. The van der Waals surface area contributed by atoms with Gasteiger partial charge in [0.25, 0.3) is 0 Å². The van der Waals surface area contributed by atoms with Crippen LogP contribution in [0.15, 0.2) is 18.5 Å². The first-order chi connectivity index (χ1) is 7.15. The Hall–Kier alpha value is -1.25. The van der Waals surface area contributed by atoms with Crippen LogP contribution in [0.3, 0.4) is 0 Å². The van der Waals surface area contributed by atoms with Gasteiger partial charge in [0, 0.05) is 19.8 Å². The maximum atomic E-state index is 5.87. The first-order valence-corrected chi connectivity index (χ1v) is 5.55. The molecule has 0 aliphatic rings. The van der Waals surface area contributed by atoms with Gasteiger partial charge in [-0.25, -0.2) is 0 Å². The Morgan fingerprint density at radius 2 is 2.27 bits per heavy atom. The van der Waals surface area contributed by atoms with Crippen molar-refractivity contribution in [1.29, 1.82) is 0 Å². The molecule has 0 aliphatic carbocycles. The molecule has 1 heterocycles. The second kappa shape index (κ2) is 5.59. The van der Waals surface area contributed by atoms with Gasteiger partial charge in [0.2, 0.25) is 0 Å². The van der Waals surface area contributed by atoms with Crippen LogP contribution in [0, 0.1) is 5.92 Å². The van der Waals surface area contributed by atoms with E-state index in [4.69, 9.17) is 5.73 Å². The van der Waals surface area contributed by atoms with Crippen LogP contribution < -0.4 is 10.6 Å². The van der Waals surface area contributed by atoms with Gasteiger partial charge in [-0.15, -0.1) is 0 Å². The lowest BCUT2D eigenvalue weighted by Gasteiger charge is -2.24. The van der Waals surface area contributed by atoms with Gasteiger partial charge in [-0.1, -0.05) is 20.3 Å². The largest absolute Gasteiger partial charge is 0.396 e. The summed E-state index contributed by atoms with van der Waals surface area (Å²) in [6, 6.07) is 1.97. The molecule has 1 atom stereocenters. The molecule has 0 fully saturated rings. The van der Waals surface area contributed by atoms with Crippen molar-refractivity contribution < 1.29 is 0 Å². The Kier molecular flexibility index (Phi) is 4.40. The minimum absolute atomic E-state index is 0.701. The lowest BCUT2D eigenvalue weighted by atomic mass is 10.1. The summed E-state index contributed by atoms with van der Waals surface area (Å²) in [5, 5.41) is 0. The van der Waals surface area contributed by atoms with Crippen molar-refractivity contribution in [2.75, 3.05) is 24.2 Å². The zero-order valence-corrected chi connectivity index (χ0v) is 9.90. The van der Waals surface area contributed by atoms with Crippen molar-refractivity contribution in [3.05, 3.63) is 18.5 Å². The number of nitrogens with zero attached hydrogens (tertiary/aromatic N) is 2. The Morgan fingerprint density at radius 3 is 2.87 bits per heavy atom. The normalized spacial score (nSPS) is 12.5. The molecule has 2 N–H and O–H groups in total. The number of hydrogen-bond donors (Lipinski definition) is 1. The first kappa shape index (κ1) is 11.8. The van der Waals surface area contributed by atoms with Crippen LogP contribution in [0.25, 0.3) is 0 Å². The Labute approximate surface area is 92.3 Å². The molecule has 15 heavy (non-hydrogen) atoms. The van der Waals surface area contributed by atoms with Gasteiger partial charge < -0.3 is 10.6 Å². The highest BCUT2D eigenvalue weighted by Gasteiger charge is 2.08. The summed E-state index contributed by atoms with van der Waals surface area (Å²) in [6.07, 6.45) is 5.99. The lowest BCUT2D eigenvalue weighted by Crippen LogP contribution is -2.24. The molecule has 3 nitrogen and oxygen atoms in total.